The number of nitrogens with one attached hydrogen (secondary N) is 2. The van der Waals surface area contributed by atoms with Gasteiger partial charge in [-0.25, -0.2) is 0 Å². The van der Waals surface area contributed by atoms with Crippen molar-refractivity contribution >= 4 is 17.4 Å². The number of carbonyl (C=O) groups is 1. The Hall–Kier alpha value is -2.96. The van der Waals surface area contributed by atoms with Crippen molar-refractivity contribution in [2.45, 2.75) is 13.3 Å². The van der Waals surface area contributed by atoms with E-state index >= 15 is 0 Å². The standard InChI is InChI=1S/C16H18N6O/c1-11-4-3-5-12(10-11)16(23)18-9-8-15-20-19-14-7-6-13(17-2)21-22(14)15/h3-7,10H,8-9H2,1-2H3,(H,17,21)(H,18,23). The van der Waals surface area contributed by atoms with Crippen molar-refractivity contribution in [3.63, 3.8) is 0 Å². The number of anilines is 1. The van der Waals surface area contributed by atoms with E-state index in [0.717, 1.165) is 11.4 Å². The summed E-state index contributed by atoms with van der Waals surface area (Å²) in [5.41, 5.74) is 2.40. The van der Waals surface area contributed by atoms with Crippen molar-refractivity contribution in [1.82, 2.24) is 25.1 Å². The van der Waals surface area contributed by atoms with Gasteiger partial charge < -0.3 is 10.6 Å². The number of rotatable bonds is 5. The molecule has 0 spiro atoms. The van der Waals surface area contributed by atoms with Crippen molar-refractivity contribution in [3.8, 4) is 0 Å². The summed E-state index contributed by atoms with van der Waals surface area (Å²) in [6.07, 6.45) is 0.554. The van der Waals surface area contributed by atoms with E-state index < -0.39 is 0 Å². The molecular formula is C16H18N6O. The van der Waals surface area contributed by atoms with Crippen LogP contribution in [-0.4, -0.2) is 39.3 Å². The average Bonchev–Trinajstić information content (AvgIpc) is 2.97. The van der Waals surface area contributed by atoms with E-state index in [2.05, 4.69) is 25.9 Å². The van der Waals surface area contributed by atoms with Gasteiger partial charge >= 0.3 is 0 Å². The summed E-state index contributed by atoms with van der Waals surface area (Å²) in [6.45, 7) is 2.43. The summed E-state index contributed by atoms with van der Waals surface area (Å²) in [7, 11) is 1.81. The molecule has 7 nitrogen and oxygen atoms in total. The molecule has 0 bridgehead atoms. The second-order valence-electron chi connectivity index (χ2n) is 5.23. The van der Waals surface area contributed by atoms with Gasteiger partial charge in [0.05, 0.1) is 0 Å². The Morgan fingerprint density at radius 3 is 2.87 bits per heavy atom. The molecule has 2 heterocycles. The lowest BCUT2D eigenvalue weighted by Crippen LogP contribution is -2.26. The number of hydrogen-bond donors (Lipinski definition) is 2. The van der Waals surface area contributed by atoms with Crippen LogP contribution in [0.15, 0.2) is 36.4 Å². The lowest BCUT2D eigenvalue weighted by molar-refractivity contribution is 0.0954. The number of nitrogens with zero attached hydrogens (tertiary/aromatic N) is 4. The Morgan fingerprint density at radius 2 is 2.09 bits per heavy atom. The third-order valence-corrected chi connectivity index (χ3v) is 3.50. The molecule has 0 saturated carbocycles. The van der Waals surface area contributed by atoms with Crippen molar-refractivity contribution in [2.24, 2.45) is 0 Å². The second-order valence-corrected chi connectivity index (χ2v) is 5.23. The highest BCUT2D eigenvalue weighted by molar-refractivity contribution is 5.94. The maximum atomic E-state index is 12.1. The Kier molecular flexibility index (Phi) is 4.18. The normalized spacial score (nSPS) is 10.7. The molecule has 2 aromatic heterocycles. The van der Waals surface area contributed by atoms with Gasteiger partial charge in [-0.05, 0) is 31.2 Å². The Morgan fingerprint density at radius 1 is 1.22 bits per heavy atom. The predicted octanol–water partition coefficient (Wildman–Crippen LogP) is 1.45. The highest BCUT2D eigenvalue weighted by atomic mass is 16.1. The predicted molar refractivity (Wildman–Crippen MR) is 87.5 cm³/mol. The molecule has 2 N–H and O–H groups in total. The third-order valence-electron chi connectivity index (χ3n) is 3.50. The van der Waals surface area contributed by atoms with Crippen molar-refractivity contribution in [1.29, 1.82) is 0 Å². The maximum absolute atomic E-state index is 12.1. The smallest absolute Gasteiger partial charge is 0.251 e. The molecule has 0 atom stereocenters. The minimum Gasteiger partial charge on any atom is -0.372 e. The fourth-order valence-corrected chi connectivity index (χ4v) is 2.30. The number of amides is 1. The number of fused-ring (bicyclic) bond motifs is 1. The second kappa shape index (κ2) is 6.43. The summed E-state index contributed by atoms with van der Waals surface area (Å²) < 4.78 is 1.69. The van der Waals surface area contributed by atoms with Crippen LogP contribution in [0.3, 0.4) is 0 Å². The molecule has 7 heteroatoms. The minimum absolute atomic E-state index is 0.0913. The van der Waals surface area contributed by atoms with Crippen LogP contribution < -0.4 is 10.6 Å². The quantitative estimate of drug-likeness (QED) is 0.745. The van der Waals surface area contributed by atoms with Crippen molar-refractivity contribution in [2.75, 3.05) is 18.9 Å². The van der Waals surface area contributed by atoms with Gasteiger partial charge in [0.1, 0.15) is 5.82 Å². The summed E-state index contributed by atoms with van der Waals surface area (Å²) in [5.74, 6) is 1.36. The monoisotopic (exact) mass is 310 g/mol. The molecule has 118 valence electrons. The molecule has 0 aliphatic rings. The van der Waals surface area contributed by atoms with Crippen LogP contribution in [-0.2, 0) is 6.42 Å². The summed E-state index contributed by atoms with van der Waals surface area (Å²) in [4.78, 5) is 12.1. The molecule has 3 rings (SSSR count). The molecule has 0 aliphatic heterocycles. The molecule has 0 saturated heterocycles. The van der Waals surface area contributed by atoms with Gasteiger partial charge in [0, 0.05) is 25.6 Å². The third kappa shape index (κ3) is 3.28. The van der Waals surface area contributed by atoms with Gasteiger partial charge in [-0.15, -0.1) is 15.3 Å². The lowest BCUT2D eigenvalue weighted by atomic mass is 10.1. The number of hydrogen-bond acceptors (Lipinski definition) is 5. The molecule has 3 aromatic rings. The Labute approximate surface area is 133 Å². The molecule has 0 unspecified atom stereocenters. The zero-order chi connectivity index (χ0) is 16.2. The topological polar surface area (TPSA) is 84.2 Å². The van der Waals surface area contributed by atoms with E-state index in [1.165, 1.54) is 0 Å². The van der Waals surface area contributed by atoms with Crippen LogP contribution in [0.4, 0.5) is 5.82 Å². The van der Waals surface area contributed by atoms with Crippen LogP contribution in [0.5, 0.6) is 0 Å². The van der Waals surface area contributed by atoms with E-state index in [1.54, 1.807) is 17.6 Å². The molecule has 1 amide bonds. The van der Waals surface area contributed by atoms with Crippen LogP contribution in [0, 0.1) is 6.92 Å². The van der Waals surface area contributed by atoms with Gasteiger partial charge in [0.25, 0.3) is 5.91 Å². The highest BCUT2D eigenvalue weighted by Crippen LogP contribution is 2.07. The molecule has 0 fully saturated rings. The van der Waals surface area contributed by atoms with Crippen LogP contribution in [0.2, 0.25) is 0 Å². The first-order valence-corrected chi connectivity index (χ1v) is 7.41. The highest BCUT2D eigenvalue weighted by Gasteiger charge is 2.09. The first-order chi connectivity index (χ1) is 11.2. The van der Waals surface area contributed by atoms with E-state index in [1.807, 2.05) is 37.3 Å². The maximum Gasteiger partial charge on any atom is 0.251 e. The summed E-state index contributed by atoms with van der Waals surface area (Å²) >= 11 is 0. The Balaban J connectivity index is 1.66. The van der Waals surface area contributed by atoms with E-state index in [9.17, 15) is 4.79 Å². The fourth-order valence-electron chi connectivity index (χ4n) is 2.30. The summed E-state index contributed by atoms with van der Waals surface area (Å²) in [6, 6.07) is 11.2. The fraction of sp³-hybridized carbons (Fsp3) is 0.250. The van der Waals surface area contributed by atoms with Gasteiger partial charge in [-0.1, -0.05) is 17.7 Å². The first kappa shape index (κ1) is 15.0. The molecular weight excluding hydrogens is 292 g/mol. The van der Waals surface area contributed by atoms with Gasteiger partial charge in [0.2, 0.25) is 0 Å². The summed E-state index contributed by atoms with van der Waals surface area (Å²) in [5, 5.41) is 18.5. The van der Waals surface area contributed by atoms with Crippen molar-refractivity contribution < 1.29 is 4.79 Å². The lowest BCUT2D eigenvalue weighted by Gasteiger charge is -2.05. The van der Waals surface area contributed by atoms with Crippen LogP contribution in [0.25, 0.3) is 5.65 Å². The first-order valence-electron chi connectivity index (χ1n) is 7.41. The average molecular weight is 310 g/mol. The zero-order valence-electron chi connectivity index (χ0n) is 13.1. The van der Waals surface area contributed by atoms with Crippen LogP contribution in [0.1, 0.15) is 21.7 Å². The number of benzene rings is 1. The van der Waals surface area contributed by atoms with Crippen molar-refractivity contribution in [3.05, 3.63) is 53.3 Å². The SMILES string of the molecule is CNc1ccc2nnc(CCNC(=O)c3cccc(C)c3)n2n1. The molecule has 0 aliphatic carbocycles. The number of aromatic nitrogens is 4. The largest absolute Gasteiger partial charge is 0.372 e. The van der Waals surface area contributed by atoms with E-state index in [4.69, 9.17) is 0 Å². The Bertz CT molecular complexity index is 841. The zero-order valence-corrected chi connectivity index (χ0v) is 13.1. The van der Waals surface area contributed by atoms with Gasteiger partial charge in [0.15, 0.2) is 11.5 Å². The number of aryl methyl sites for hydroxylation is 1. The van der Waals surface area contributed by atoms with Gasteiger partial charge in [-0.3, -0.25) is 4.79 Å². The number of carbonyl (C=O) groups excluding carboxylic acids is 1. The van der Waals surface area contributed by atoms with E-state index in [0.29, 0.717) is 30.0 Å². The molecule has 0 radical (unpaired) electrons. The van der Waals surface area contributed by atoms with Gasteiger partial charge in [-0.2, -0.15) is 4.52 Å². The van der Waals surface area contributed by atoms with E-state index in [-0.39, 0.29) is 5.91 Å². The molecule has 23 heavy (non-hydrogen) atoms. The van der Waals surface area contributed by atoms with Crippen LogP contribution >= 0.6 is 0 Å². The molecule has 1 aromatic carbocycles. The minimum atomic E-state index is -0.0913.